The predicted molar refractivity (Wildman–Crippen MR) is 89.6 cm³/mol. The van der Waals surface area contributed by atoms with E-state index in [0.717, 1.165) is 5.56 Å². The van der Waals surface area contributed by atoms with Gasteiger partial charge in [-0.3, -0.25) is 19.2 Å². The second-order valence-electron chi connectivity index (χ2n) is 5.59. The number of carboxylic acid groups (broad SMARTS) is 1. The lowest BCUT2D eigenvalue weighted by Gasteiger charge is -2.15. The molecule has 0 aliphatic rings. The number of carbonyl (C=O) groups excluding carboxylic acids is 3. The molecule has 1 aromatic carbocycles. The number of ketones is 1. The normalized spacial score (nSPS) is 11.3. The molecule has 0 radical (unpaired) electrons. The molecule has 8 nitrogen and oxygen atoms in total. The Balaban J connectivity index is 2.58. The largest absolute Gasteiger partial charge is 0.496 e. The van der Waals surface area contributed by atoms with Crippen LogP contribution in [-0.2, 0) is 25.6 Å². The summed E-state index contributed by atoms with van der Waals surface area (Å²) in [6.45, 7) is -0.000840. The van der Waals surface area contributed by atoms with Crippen molar-refractivity contribution in [1.82, 2.24) is 10.6 Å². The number of methoxy groups -OCH3 is 1. The first-order valence-electron chi connectivity index (χ1n) is 7.76. The highest BCUT2D eigenvalue weighted by Gasteiger charge is 2.23. The molecule has 0 bridgehead atoms. The van der Waals surface area contributed by atoms with Gasteiger partial charge in [0.1, 0.15) is 18.5 Å². The molecule has 0 spiro atoms. The molecular formula is C17H21FN2O6. The maximum Gasteiger partial charge on any atom is 0.305 e. The van der Waals surface area contributed by atoms with Crippen LogP contribution < -0.4 is 15.4 Å². The number of halogens is 1. The van der Waals surface area contributed by atoms with Crippen LogP contribution in [0, 0.1) is 6.92 Å². The Morgan fingerprint density at radius 3 is 2.50 bits per heavy atom. The summed E-state index contributed by atoms with van der Waals surface area (Å²) in [6.07, 6.45) is -0.761. The number of carbonyl (C=O) groups is 4. The highest BCUT2D eigenvalue weighted by molar-refractivity contribution is 5.94. The summed E-state index contributed by atoms with van der Waals surface area (Å²) in [6, 6.07) is 3.86. The molecule has 0 heterocycles. The fourth-order valence-electron chi connectivity index (χ4n) is 2.22. The van der Waals surface area contributed by atoms with Crippen molar-refractivity contribution in [1.29, 1.82) is 0 Å². The van der Waals surface area contributed by atoms with Gasteiger partial charge >= 0.3 is 5.97 Å². The zero-order valence-corrected chi connectivity index (χ0v) is 14.5. The number of amides is 2. The molecule has 0 fully saturated rings. The zero-order chi connectivity index (χ0) is 19.7. The number of nitrogens with one attached hydrogen (secondary N) is 2. The van der Waals surface area contributed by atoms with Crippen molar-refractivity contribution in [2.45, 2.75) is 25.8 Å². The van der Waals surface area contributed by atoms with Gasteiger partial charge in [0.05, 0.1) is 26.5 Å². The van der Waals surface area contributed by atoms with Gasteiger partial charge in [-0.05, 0) is 13.0 Å². The van der Waals surface area contributed by atoms with Crippen LogP contribution in [-0.4, -0.2) is 55.0 Å². The Hall–Kier alpha value is -2.97. The van der Waals surface area contributed by atoms with Crippen molar-refractivity contribution < 1.29 is 33.4 Å². The quantitative estimate of drug-likeness (QED) is 0.541. The molecule has 0 aliphatic heterocycles. The number of hydrogen-bond acceptors (Lipinski definition) is 5. The van der Waals surface area contributed by atoms with Crippen LogP contribution in [0.4, 0.5) is 4.39 Å². The number of Topliss-reactive ketones (excluding diaryl/α,β-unsaturated/α-hetero) is 1. The number of alkyl halides is 1. The van der Waals surface area contributed by atoms with Crippen molar-refractivity contribution >= 4 is 23.6 Å². The lowest BCUT2D eigenvalue weighted by molar-refractivity contribution is -0.140. The van der Waals surface area contributed by atoms with E-state index in [2.05, 4.69) is 10.6 Å². The molecule has 9 heteroatoms. The minimum absolute atomic E-state index is 0.0277. The number of ether oxygens (including phenoxy) is 1. The van der Waals surface area contributed by atoms with Crippen molar-refractivity contribution in [3.05, 3.63) is 29.3 Å². The van der Waals surface area contributed by atoms with Crippen molar-refractivity contribution in [2.75, 3.05) is 20.3 Å². The highest BCUT2D eigenvalue weighted by Crippen LogP contribution is 2.19. The summed E-state index contributed by atoms with van der Waals surface area (Å²) in [5.74, 6) is -3.12. The minimum Gasteiger partial charge on any atom is -0.496 e. The lowest BCUT2D eigenvalue weighted by atomic mass is 10.1. The van der Waals surface area contributed by atoms with E-state index in [4.69, 9.17) is 9.84 Å². The number of aliphatic carboxylic acids is 1. The third-order valence-corrected chi connectivity index (χ3v) is 3.47. The Morgan fingerprint density at radius 2 is 1.92 bits per heavy atom. The van der Waals surface area contributed by atoms with Gasteiger partial charge in [-0.2, -0.15) is 0 Å². The summed E-state index contributed by atoms with van der Waals surface area (Å²) in [7, 11) is 1.48. The van der Waals surface area contributed by atoms with Crippen LogP contribution in [0.25, 0.3) is 0 Å². The molecule has 0 saturated carbocycles. The zero-order valence-electron chi connectivity index (χ0n) is 14.5. The first-order chi connectivity index (χ1) is 12.3. The summed E-state index contributed by atoms with van der Waals surface area (Å²) >= 11 is 0. The Morgan fingerprint density at radius 1 is 1.23 bits per heavy atom. The van der Waals surface area contributed by atoms with Crippen LogP contribution in [0.5, 0.6) is 5.75 Å². The maximum absolute atomic E-state index is 12.4. The van der Waals surface area contributed by atoms with Crippen LogP contribution >= 0.6 is 0 Å². The minimum atomic E-state index is -1.47. The summed E-state index contributed by atoms with van der Waals surface area (Å²) < 4.78 is 17.6. The number of aryl methyl sites for hydroxylation is 1. The van der Waals surface area contributed by atoms with Crippen LogP contribution in [0.2, 0.25) is 0 Å². The van der Waals surface area contributed by atoms with E-state index in [0.29, 0.717) is 11.3 Å². The van der Waals surface area contributed by atoms with Crippen molar-refractivity contribution in [3.63, 3.8) is 0 Å². The Kier molecular flexibility index (Phi) is 8.20. The average molecular weight is 368 g/mol. The van der Waals surface area contributed by atoms with E-state index in [9.17, 15) is 23.6 Å². The predicted octanol–water partition coefficient (Wildman–Crippen LogP) is 0.160. The maximum atomic E-state index is 12.4. The molecule has 1 atom stereocenters. The lowest BCUT2D eigenvalue weighted by Crippen LogP contribution is -2.47. The molecule has 0 saturated heterocycles. The molecule has 3 N–H and O–H groups in total. The van der Waals surface area contributed by atoms with E-state index in [1.807, 2.05) is 13.0 Å². The molecule has 1 aromatic rings. The van der Waals surface area contributed by atoms with Gasteiger partial charge < -0.3 is 20.5 Å². The summed E-state index contributed by atoms with van der Waals surface area (Å²) in [4.78, 5) is 45.7. The standard InChI is InChI=1S/C17H21FN2O6/c1-10-3-4-14(26-2)11(5-10)6-15(22)19-9-16(23)20-12(7-17(24)25)13(21)8-18/h3-5,12H,6-9H2,1-2H3,(H,19,22)(H,20,23)(H,24,25). The Labute approximate surface area is 149 Å². The third kappa shape index (κ3) is 6.88. The van der Waals surface area contributed by atoms with E-state index in [1.165, 1.54) is 7.11 Å². The number of hydrogen-bond donors (Lipinski definition) is 3. The molecular weight excluding hydrogens is 347 g/mol. The second-order valence-corrected chi connectivity index (χ2v) is 5.59. The first-order valence-corrected chi connectivity index (χ1v) is 7.76. The average Bonchev–Trinajstić information content (AvgIpc) is 2.58. The smallest absolute Gasteiger partial charge is 0.305 e. The fraction of sp³-hybridized carbons (Fsp3) is 0.412. The molecule has 1 unspecified atom stereocenters. The number of benzene rings is 1. The van der Waals surface area contributed by atoms with E-state index >= 15 is 0 Å². The topological polar surface area (TPSA) is 122 Å². The van der Waals surface area contributed by atoms with Gasteiger partial charge in [0.25, 0.3) is 0 Å². The third-order valence-electron chi connectivity index (χ3n) is 3.47. The van der Waals surface area contributed by atoms with Crippen molar-refractivity contribution in [2.24, 2.45) is 0 Å². The van der Waals surface area contributed by atoms with Gasteiger partial charge in [-0.25, -0.2) is 4.39 Å². The summed E-state index contributed by atoms with van der Waals surface area (Å²) in [5, 5.41) is 13.1. The van der Waals surface area contributed by atoms with Crippen LogP contribution in [0.3, 0.4) is 0 Å². The first kappa shape index (κ1) is 21.1. The monoisotopic (exact) mass is 368 g/mol. The summed E-state index contributed by atoms with van der Waals surface area (Å²) in [5.41, 5.74) is 1.58. The fourth-order valence-corrected chi connectivity index (χ4v) is 2.22. The van der Waals surface area contributed by atoms with Gasteiger partial charge in [0.2, 0.25) is 11.8 Å². The van der Waals surface area contributed by atoms with Gasteiger partial charge in [-0.15, -0.1) is 0 Å². The molecule has 0 aliphatic carbocycles. The highest BCUT2D eigenvalue weighted by atomic mass is 19.1. The van der Waals surface area contributed by atoms with E-state index in [1.54, 1.807) is 12.1 Å². The van der Waals surface area contributed by atoms with Crippen LogP contribution in [0.15, 0.2) is 18.2 Å². The number of rotatable bonds is 10. The SMILES string of the molecule is COc1ccc(C)cc1CC(=O)NCC(=O)NC(CC(=O)O)C(=O)CF. The van der Waals surface area contributed by atoms with Gasteiger partial charge in [0.15, 0.2) is 5.78 Å². The molecule has 26 heavy (non-hydrogen) atoms. The van der Waals surface area contributed by atoms with Gasteiger partial charge in [-0.1, -0.05) is 17.7 Å². The van der Waals surface area contributed by atoms with Gasteiger partial charge in [0, 0.05) is 5.56 Å². The molecule has 142 valence electrons. The second kappa shape index (κ2) is 10.1. The number of carboxylic acids is 1. The molecule has 1 rings (SSSR count). The Bertz CT molecular complexity index is 692. The molecule has 0 aromatic heterocycles. The van der Waals surface area contributed by atoms with E-state index < -0.39 is 49.2 Å². The van der Waals surface area contributed by atoms with Crippen LogP contribution in [0.1, 0.15) is 17.5 Å². The molecule has 2 amide bonds. The van der Waals surface area contributed by atoms with E-state index in [-0.39, 0.29) is 6.42 Å². The van der Waals surface area contributed by atoms with Crippen molar-refractivity contribution in [3.8, 4) is 5.75 Å².